The van der Waals surface area contributed by atoms with E-state index in [9.17, 15) is 0 Å². The van der Waals surface area contributed by atoms with Gasteiger partial charge in [-0.05, 0) is 54.8 Å². The van der Waals surface area contributed by atoms with Gasteiger partial charge in [0.05, 0.1) is 0 Å². The van der Waals surface area contributed by atoms with Crippen molar-refractivity contribution in [2.75, 3.05) is 0 Å². The van der Waals surface area contributed by atoms with Gasteiger partial charge < -0.3 is 0 Å². The van der Waals surface area contributed by atoms with Crippen LogP contribution in [0.3, 0.4) is 0 Å². The Morgan fingerprint density at radius 2 is 1.27 bits per heavy atom. The minimum absolute atomic E-state index is 1.26. The fourth-order valence-corrected chi connectivity index (χ4v) is 5.73. The van der Waals surface area contributed by atoms with E-state index in [0.717, 1.165) is 0 Å². The first-order chi connectivity index (χ1) is 12.8. The van der Waals surface area contributed by atoms with E-state index in [0.29, 0.717) is 0 Å². The van der Waals surface area contributed by atoms with Gasteiger partial charge in [0.1, 0.15) is 0 Å². The normalized spacial score (nSPS) is 11.3. The maximum atomic E-state index is 2.38. The van der Waals surface area contributed by atoms with Crippen molar-refractivity contribution in [3.63, 3.8) is 0 Å². The molecule has 0 aliphatic rings. The molecule has 0 spiro atoms. The third kappa shape index (κ3) is 7.96. The Bertz CT molecular complexity index is 579. The number of hydrogen-bond acceptors (Lipinski definition) is 2. The molecule has 2 aromatic heterocycles. The van der Waals surface area contributed by atoms with Crippen molar-refractivity contribution in [3.05, 3.63) is 34.0 Å². The standard InChI is InChI=1S/C24H38S2/c1-3-5-7-9-11-13-15-21-19-20-25-24(21)23-18-17-22(26-23)16-14-12-10-8-6-4-2/h17-20H,3-16H2,1-2H3. The summed E-state index contributed by atoms with van der Waals surface area (Å²) < 4.78 is 0. The summed E-state index contributed by atoms with van der Waals surface area (Å²) in [6, 6.07) is 7.10. The molecule has 2 aromatic rings. The monoisotopic (exact) mass is 390 g/mol. The van der Waals surface area contributed by atoms with E-state index in [2.05, 4.69) is 37.4 Å². The van der Waals surface area contributed by atoms with Gasteiger partial charge in [-0.1, -0.05) is 78.1 Å². The highest BCUT2D eigenvalue weighted by atomic mass is 32.1. The molecule has 2 heterocycles. The molecule has 0 N–H and O–H groups in total. The summed E-state index contributed by atoms with van der Waals surface area (Å²) in [4.78, 5) is 4.62. The molecule has 0 bridgehead atoms. The van der Waals surface area contributed by atoms with Crippen molar-refractivity contribution in [1.82, 2.24) is 0 Å². The van der Waals surface area contributed by atoms with Gasteiger partial charge >= 0.3 is 0 Å². The molecule has 26 heavy (non-hydrogen) atoms. The number of unbranched alkanes of at least 4 members (excludes halogenated alkanes) is 10. The van der Waals surface area contributed by atoms with E-state index in [1.54, 1.807) is 10.4 Å². The smallest absolute Gasteiger partial charge is 0.0474 e. The fourth-order valence-electron chi connectivity index (χ4n) is 3.56. The summed E-state index contributed by atoms with van der Waals surface area (Å²) in [5.41, 5.74) is 1.58. The molecule has 0 amide bonds. The Hall–Kier alpha value is -0.600. The highest BCUT2D eigenvalue weighted by Crippen LogP contribution is 2.36. The molecule has 0 aliphatic heterocycles. The summed E-state index contributed by atoms with van der Waals surface area (Å²) in [7, 11) is 0. The van der Waals surface area contributed by atoms with E-state index < -0.39 is 0 Å². The zero-order chi connectivity index (χ0) is 18.5. The molecular weight excluding hydrogens is 352 g/mol. The second kappa shape index (κ2) is 13.6. The van der Waals surface area contributed by atoms with Crippen LogP contribution in [0, 0.1) is 0 Å². The lowest BCUT2D eigenvalue weighted by atomic mass is 10.1. The lowest BCUT2D eigenvalue weighted by molar-refractivity contribution is 0.608. The van der Waals surface area contributed by atoms with Crippen LogP contribution in [0.15, 0.2) is 23.6 Å². The quantitative estimate of drug-likeness (QED) is 0.266. The van der Waals surface area contributed by atoms with Crippen LogP contribution in [-0.2, 0) is 12.8 Å². The molecule has 0 nitrogen and oxygen atoms in total. The van der Waals surface area contributed by atoms with Crippen molar-refractivity contribution in [3.8, 4) is 9.75 Å². The minimum Gasteiger partial charge on any atom is -0.143 e. The Morgan fingerprint density at radius 3 is 1.96 bits per heavy atom. The van der Waals surface area contributed by atoms with Crippen LogP contribution in [0.4, 0.5) is 0 Å². The summed E-state index contributed by atoms with van der Waals surface area (Å²) >= 11 is 3.97. The van der Waals surface area contributed by atoms with Crippen molar-refractivity contribution in [1.29, 1.82) is 0 Å². The lowest BCUT2D eigenvalue weighted by Crippen LogP contribution is -1.86. The second-order valence-electron chi connectivity index (χ2n) is 7.58. The van der Waals surface area contributed by atoms with Crippen LogP contribution in [-0.4, -0.2) is 0 Å². The number of thiophene rings is 2. The topological polar surface area (TPSA) is 0 Å². The van der Waals surface area contributed by atoms with Crippen molar-refractivity contribution >= 4 is 22.7 Å². The second-order valence-corrected chi connectivity index (χ2v) is 9.66. The molecule has 0 aromatic carbocycles. The zero-order valence-electron chi connectivity index (χ0n) is 17.0. The molecule has 0 radical (unpaired) electrons. The largest absolute Gasteiger partial charge is 0.143 e. The summed E-state index contributed by atoms with van der Waals surface area (Å²) in [6.45, 7) is 4.58. The van der Waals surface area contributed by atoms with Crippen molar-refractivity contribution in [2.24, 2.45) is 0 Å². The molecule has 0 unspecified atom stereocenters. The third-order valence-electron chi connectivity index (χ3n) is 5.21. The van der Waals surface area contributed by atoms with Gasteiger partial charge in [-0.2, -0.15) is 0 Å². The minimum atomic E-state index is 1.26. The van der Waals surface area contributed by atoms with Crippen LogP contribution < -0.4 is 0 Å². The van der Waals surface area contributed by atoms with Gasteiger partial charge in [-0.25, -0.2) is 0 Å². The van der Waals surface area contributed by atoms with Gasteiger partial charge in [0.25, 0.3) is 0 Å². The molecule has 146 valence electrons. The average molecular weight is 391 g/mol. The van der Waals surface area contributed by atoms with Crippen LogP contribution in [0.2, 0.25) is 0 Å². The highest BCUT2D eigenvalue weighted by molar-refractivity contribution is 7.21. The summed E-state index contributed by atoms with van der Waals surface area (Å²) in [6.07, 6.45) is 19.2. The van der Waals surface area contributed by atoms with E-state index in [-0.39, 0.29) is 0 Å². The Labute approximate surface area is 170 Å². The Morgan fingerprint density at radius 1 is 0.654 bits per heavy atom. The predicted octanol–water partition coefficient (Wildman–Crippen LogP) is 9.28. The maximum absolute atomic E-state index is 2.38. The van der Waals surface area contributed by atoms with E-state index in [4.69, 9.17) is 0 Å². The number of aryl methyl sites for hydroxylation is 2. The molecule has 0 saturated carbocycles. The first-order valence-electron chi connectivity index (χ1n) is 11.0. The number of hydrogen-bond donors (Lipinski definition) is 0. The van der Waals surface area contributed by atoms with E-state index >= 15 is 0 Å². The van der Waals surface area contributed by atoms with Gasteiger partial charge in [0, 0.05) is 14.6 Å². The molecule has 0 saturated heterocycles. The SMILES string of the molecule is CCCCCCCCc1ccc(-c2sccc2CCCCCCCC)s1. The van der Waals surface area contributed by atoms with Crippen LogP contribution >= 0.6 is 22.7 Å². The first kappa shape index (κ1) is 21.7. The summed E-state index contributed by atoms with van der Waals surface area (Å²) in [5.74, 6) is 0. The Balaban J connectivity index is 1.73. The molecule has 0 atom stereocenters. The van der Waals surface area contributed by atoms with Crippen molar-refractivity contribution < 1.29 is 0 Å². The zero-order valence-corrected chi connectivity index (χ0v) is 18.7. The predicted molar refractivity (Wildman–Crippen MR) is 122 cm³/mol. The molecule has 0 aliphatic carbocycles. The molecule has 2 heteroatoms. The van der Waals surface area contributed by atoms with E-state index in [1.165, 1.54) is 99.6 Å². The summed E-state index contributed by atoms with van der Waals surface area (Å²) in [5, 5.41) is 2.29. The Kier molecular flexibility index (Phi) is 11.3. The van der Waals surface area contributed by atoms with E-state index in [1.807, 2.05) is 22.7 Å². The van der Waals surface area contributed by atoms with Crippen molar-refractivity contribution in [2.45, 2.75) is 104 Å². The van der Waals surface area contributed by atoms with Crippen LogP contribution in [0.25, 0.3) is 9.75 Å². The molecule has 0 fully saturated rings. The van der Waals surface area contributed by atoms with Gasteiger partial charge in [-0.3, -0.25) is 0 Å². The van der Waals surface area contributed by atoms with Gasteiger partial charge in [0.15, 0.2) is 0 Å². The van der Waals surface area contributed by atoms with Crippen LogP contribution in [0.5, 0.6) is 0 Å². The average Bonchev–Trinajstić information content (AvgIpc) is 3.30. The lowest BCUT2D eigenvalue weighted by Gasteiger charge is -2.03. The molecule has 2 rings (SSSR count). The maximum Gasteiger partial charge on any atom is 0.0474 e. The van der Waals surface area contributed by atoms with Crippen LogP contribution in [0.1, 0.15) is 101 Å². The third-order valence-corrected chi connectivity index (χ3v) is 7.49. The van der Waals surface area contributed by atoms with Gasteiger partial charge in [0.2, 0.25) is 0 Å². The molecular formula is C24H38S2. The highest BCUT2D eigenvalue weighted by Gasteiger charge is 2.10. The number of rotatable bonds is 15. The fraction of sp³-hybridized carbons (Fsp3) is 0.667. The first-order valence-corrected chi connectivity index (χ1v) is 12.7. The van der Waals surface area contributed by atoms with Gasteiger partial charge in [-0.15, -0.1) is 22.7 Å².